The summed E-state index contributed by atoms with van der Waals surface area (Å²) in [6, 6.07) is 0. The van der Waals surface area contributed by atoms with Crippen LogP contribution in [0.3, 0.4) is 0 Å². The average molecular weight is 201 g/mol. The fourth-order valence-corrected chi connectivity index (χ4v) is 2.80. The summed E-state index contributed by atoms with van der Waals surface area (Å²) in [5.74, 6) is -0.326. The van der Waals surface area contributed by atoms with Crippen LogP contribution in [0.4, 0.5) is 0 Å². The fourth-order valence-electron chi connectivity index (χ4n) is 1.31. The summed E-state index contributed by atoms with van der Waals surface area (Å²) < 4.78 is 15.2. The molecular formula is C8H13O4Si. The second-order valence-electron chi connectivity index (χ2n) is 2.73. The van der Waals surface area contributed by atoms with Crippen molar-refractivity contribution in [3.05, 3.63) is 12.2 Å². The lowest BCUT2D eigenvalue weighted by atomic mass is 10.1. The molecule has 1 fully saturated rings. The van der Waals surface area contributed by atoms with E-state index in [2.05, 4.69) is 6.58 Å². The number of cyclic esters (lactones) is 1. The highest BCUT2D eigenvalue weighted by atomic mass is 28.3. The zero-order valence-electron chi connectivity index (χ0n) is 7.83. The van der Waals surface area contributed by atoms with Gasteiger partial charge in [0.25, 0.3) is 0 Å². The van der Waals surface area contributed by atoms with Crippen molar-refractivity contribution in [3.8, 4) is 0 Å². The van der Waals surface area contributed by atoms with Gasteiger partial charge in [0.2, 0.25) is 0 Å². The van der Waals surface area contributed by atoms with Gasteiger partial charge in [-0.05, 0) is 6.42 Å². The minimum absolute atomic E-state index is 0.0150. The molecule has 73 valence electrons. The molecular weight excluding hydrogens is 188 g/mol. The molecule has 0 amide bonds. The van der Waals surface area contributed by atoms with Crippen LogP contribution in [0.25, 0.3) is 0 Å². The van der Waals surface area contributed by atoms with Gasteiger partial charge in [0.1, 0.15) is 0 Å². The van der Waals surface area contributed by atoms with Gasteiger partial charge >= 0.3 is 15.3 Å². The number of ether oxygens (including phenoxy) is 1. The molecule has 13 heavy (non-hydrogen) atoms. The van der Waals surface area contributed by atoms with E-state index in [1.54, 1.807) is 14.2 Å². The zero-order chi connectivity index (χ0) is 9.84. The quantitative estimate of drug-likeness (QED) is 0.382. The first-order chi connectivity index (χ1) is 6.20. The molecule has 1 aliphatic rings. The van der Waals surface area contributed by atoms with Crippen LogP contribution in [0, 0.1) is 0 Å². The Labute approximate surface area is 79.3 Å². The van der Waals surface area contributed by atoms with Crippen LogP contribution in [0.2, 0.25) is 5.54 Å². The summed E-state index contributed by atoms with van der Waals surface area (Å²) >= 11 is 0. The molecule has 1 radical (unpaired) electrons. The molecule has 4 nitrogen and oxygen atoms in total. The third kappa shape index (κ3) is 2.18. The minimum Gasteiger partial charge on any atom is -0.462 e. The maximum Gasteiger partial charge on any atom is 0.392 e. The second kappa shape index (κ2) is 4.55. The highest BCUT2D eigenvalue weighted by Gasteiger charge is 2.35. The first-order valence-corrected chi connectivity index (χ1v) is 5.40. The van der Waals surface area contributed by atoms with Crippen molar-refractivity contribution >= 4 is 15.3 Å². The number of carbonyl (C=O) groups excluding carboxylic acids is 1. The highest BCUT2D eigenvalue weighted by molar-refractivity contribution is 6.48. The number of esters is 1. The van der Waals surface area contributed by atoms with E-state index in [-0.39, 0.29) is 11.5 Å². The molecule has 0 bridgehead atoms. The normalized spacial score (nSPS) is 23.5. The molecule has 1 atom stereocenters. The van der Waals surface area contributed by atoms with E-state index in [9.17, 15) is 4.79 Å². The first-order valence-electron chi connectivity index (χ1n) is 4.01. The fraction of sp³-hybridized carbons (Fsp3) is 0.625. The van der Waals surface area contributed by atoms with E-state index in [4.69, 9.17) is 13.6 Å². The number of hydrogen-bond acceptors (Lipinski definition) is 4. The summed E-state index contributed by atoms with van der Waals surface area (Å²) in [4.78, 5) is 11.1. The molecule has 0 aromatic carbocycles. The molecule has 0 aromatic rings. The Hall–Kier alpha value is -0.653. The van der Waals surface area contributed by atoms with Crippen LogP contribution in [0.1, 0.15) is 6.42 Å². The lowest BCUT2D eigenvalue weighted by molar-refractivity contribution is -0.141. The van der Waals surface area contributed by atoms with E-state index in [0.29, 0.717) is 12.2 Å². The number of carbonyl (C=O) groups is 1. The maximum absolute atomic E-state index is 11.1. The Bertz CT molecular complexity index is 212. The summed E-state index contributed by atoms with van der Waals surface area (Å²) in [5, 5.41) is 0. The molecule has 1 heterocycles. The van der Waals surface area contributed by atoms with Crippen LogP contribution < -0.4 is 0 Å². The third-order valence-electron chi connectivity index (χ3n) is 2.01. The molecule has 5 heteroatoms. The first kappa shape index (κ1) is 10.4. The number of hydrogen-bond donors (Lipinski definition) is 0. The largest absolute Gasteiger partial charge is 0.462 e. The van der Waals surface area contributed by atoms with Gasteiger partial charge in [-0.15, -0.1) is 0 Å². The summed E-state index contributed by atoms with van der Waals surface area (Å²) in [5.41, 5.74) is 0.491. The van der Waals surface area contributed by atoms with E-state index >= 15 is 0 Å². The van der Waals surface area contributed by atoms with E-state index in [0.717, 1.165) is 6.42 Å². The zero-order valence-corrected chi connectivity index (χ0v) is 8.83. The van der Waals surface area contributed by atoms with Gasteiger partial charge in [0.05, 0.1) is 6.61 Å². The molecule has 0 spiro atoms. The van der Waals surface area contributed by atoms with Crippen molar-refractivity contribution < 1.29 is 18.4 Å². The SMILES string of the molecule is C=C1C(=O)OCCC1[Si](OC)OC. The Morgan fingerprint density at radius 3 is 2.69 bits per heavy atom. The topological polar surface area (TPSA) is 44.8 Å². The van der Waals surface area contributed by atoms with Gasteiger partial charge in [-0.25, -0.2) is 4.79 Å². The lowest BCUT2D eigenvalue weighted by Gasteiger charge is -2.26. The average Bonchev–Trinajstić information content (AvgIpc) is 2.14. The predicted octanol–water partition coefficient (Wildman–Crippen LogP) is 0.641. The molecule has 1 aliphatic heterocycles. The molecule has 0 N–H and O–H groups in total. The van der Waals surface area contributed by atoms with Crippen molar-refractivity contribution in [2.24, 2.45) is 0 Å². The van der Waals surface area contributed by atoms with Crippen LogP contribution in [0.15, 0.2) is 12.2 Å². The van der Waals surface area contributed by atoms with Crippen molar-refractivity contribution in [1.82, 2.24) is 0 Å². The summed E-state index contributed by atoms with van der Waals surface area (Å²) in [7, 11) is 1.77. The Balaban J connectivity index is 2.66. The van der Waals surface area contributed by atoms with Crippen molar-refractivity contribution in [3.63, 3.8) is 0 Å². The van der Waals surface area contributed by atoms with Gasteiger partial charge in [0.15, 0.2) is 0 Å². The maximum atomic E-state index is 11.1. The van der Waals surface area contributed by atoms with Gasteiger partial charge in [0, 0.05) is 25.3 Å². The lowest BCUT2D eigenvalue weighted by Crippen LogP contribution is -2.34. The summed E-state index contributed by atoms with van der Waals surface area (Å²) in [6.45, 7) is 4.12. The van der Waals surface area contributed by atoms with Gasteiger partial charge in [-0.1, -0.05) is 6.58 Å². The van der Waals surface area contributed by atoms with Crippen molar-refractivity contribution in [2.45, 2.75) is 12.0 Å². The van der Waals surface area contributed by atoms with Crippen LogP contribution in [-0.4, -0.2) is 36.1 Å². The van der Waals surface area contributed by atoms with Crippen LogP contribution in [0.5, 0.6) is 0 Å². The Kier molecular flexibility index (Phi) is 3.65. The number of rotatable bonds is 3. The predicted molar refractivity (Wildman–Crippen MR) is 48.2 cm³/mol. The molecule has 0 aliphatic carbocycles. The van der Waals surface area contributed by atoms with Crippen LogP contribution >= 0.6 is 0 Å². The van der Waals surface area contributed by atoms with Crippen LogP contribution in [-0.2, 0) is 18.4 Å². The van der Waals surface area contributed by atoms with Gasteiger partial charge in [-0.2, -0.15) is 0 Å². The minimum atomic E-state index is -1.41. The van der Waals surface area contributed by atoms with E-state index < -0.39 is 9.28 Å². The smallest absolute Gasteiger partial charge is 0.392 e. The van der Waals surface area contributed by atoms with Crippen molar-refractivity contribution in [2.75, 3.05) is 20.8 Å². The summed E-state index contributed by atoms with van der Waals surface area (Å²) in [6.07, 6.45) is 0.751. The Morgan fingerprint density at radius 2 is 2.15 bits per heavy atom. The standard InChI is InChI=1S/C8H13O4Si/c1-6-7(13(10-2)11-3)4-5-12-8(6)9/h7H,1,4-5H2,2-3H3. The molecule has 1 saturated heterocycles. The molecule has 0 saturated carbocycles. The van der Waals surface area contributed by atoms with Crippen molar-refractivity contribution in [1.29, 1.82) is 0 Å². The van der Waals surface area contributed by atoms with Gasteiger partial charge in [-0.3, -0.25) is 0 Å². The second-order valence-corrected chi connectivity index (χ2v) is 4.88. The van der Waals surface area contributed by atoms with E-state index in [1.807, 2.05) is 0 Å². The molecule has 0 aromatic heterocycles. The van der Waals surface area contributed by atoms with Gasteiger partial charge < -0.3 is 13.6 Å². The molecule has 1 rings (SSSR count). The third-order valence-corrected chi connectivity index (χ3v) is 4.02. The molecule has 1 unspecified atom stereocenters. The highest BCUT2D eigenvalue weighted by Crippen LogP contribution is 2.29. The van der Waals surface area contributed by atoms with E-state index in [1.165, 1.54) is 0 Å². The Morgan fingerprint density at radius 1 is 1.54 bits per heavy atom. The monoisotopic (exact) mass is 201 g/mol.